The van der Waals surface area contributed by atoms with Crippen molar-refractivity contribution < 1.29 is 0 Å². The van der Waals surface area contributed by atoms with Crippen LogP contribution in [0.25, 0.3) is 52.7 Å². The van der Waals surface area contributed by atoms with Gasteiger partial charge in [-0.15, -0.1) is 22.7 Å². The minimum atomic E-state index is -0.0778. The van der Waals surface area contributed by atoms with Gasteiger partial charge in [-0.2, -0.15) is 0 Å². The number of thiazole rings is 2. The number of nitrogens with zero attached hydrogens (tertiary/aromatic N) is 3. The smallest absolute Gasteiger partial charge is 0.124 e. The van der Waals surface area contributed by atoms with E-state index >= 15 is 0 Å². The Hall–Kier alpha value is -4.75. The molecule has 0 spiro atoms. The molecule has 224 valence electrons. The molecule has 6 heteroatoms. The first kappa shape index (κ1) is 27.4. The van der Waals surface area contributed by atoms with Crippen LogP contribution in [0, 0.1) is 0 Å². The summed E-state index contributed by atoms with van der Waals surface area (Å²) >= 11 is 5.35. The first-order valence-electron chi connectivity index (χ1n) is 15.7. The van der Waals surface area contributed by atoms with Gasteiger partial charge in [-0.25, -0.2) is 9.97 Å². The summed E-state index contributed by atoms with van der Waals surface area (Å²) in [4.78, 5) is 14.9. The fourth-order valence-corrected chi connectivity index (χ4v) is 10.3. The van der Waals surface area contributed by atoms with Gasteiger partial charge in [0.2, 0.25) is 0 Å². The summed E-state index contributed by atoms with van der Waals surface area (Å²) in [7, 11) is 0. The zero-order valence-electron chi connectivity index (χ0n) is 25.7. The zero-order chi connectivity index (χ0) is 31.3. The summed E-state index contributed by atoms with van der Waals surface area (Å²) in [6.45, 7) is 4.70. The number of rotatable bonds is 3. The van der Waals surface area contributed by atoms with Gasteiger partial charge in [0.05, 0.1) is 37.5 Å². The van der Waals surface area contributed by atoms with Crippen LogP contribution >= 0.6 is 34.4 Å². The van der Waals surface area contributed by atoms with Crippen molar-refractivity contribution in [3.63, 3.8) is 0 Å². The van der Waals surface area contributed by atoms with E-state index in [4.69, 9.17) is 9.97 Å². The molecular weight excluding hydrogens is 631 g/mol. The lowest BCUT2D eigenvalue weighted by atomic mass is 9.82. The summed E-state index contributed by atoms with van der Waals surface area (Å²) in [6.07, 6.45) is 0. The molecule has 0 fully saturated rings. The fraction of sp³-hybridized carbons (Fsp3) is 0.0732. The van der Waals surface area contributed by atoms with Crippen molar-refractivity contribution in [2.45, 2.75) is 29.1 Å². The van der Waals surface area contributed by atoms with Crippen LogP contribution < -0.4 is 4.90 Å². The maximum atomic E-state index is 5.00. The fourth-order valence-electron chi connectivity index (χ4n) is 7.25. The molecule has 1 aliphatic carbocycles. The van der Waals surface area contributed by atoms with Gasteiger partial charge in [-0.1, -0.05) is 86.3 Å². The van der Waals surface area contributed by atoms with E-state index in [1.807, 2.05) is 11.8 Å². The van der Waals surface area contributed by atoms with Crippen LogP contribution in [-0.2, 0) is 5.41 Å². The third-order valence-corrected chi connectivity index (χ3v) is 12.8. The molecule has 3 nitrogen and oxygen atoms in total. The molecule has 0 radical (unpaired) electrons. The highest BCUT2D eigenvalue weighted by Crippen LogP contribution is 2.58. The second kappa shape index (κ2) is 10.1. The number of aromatic nitrogens is 2. The zero-order valence-corrected chi connectivity index (χ0v) is 28.1. The summed E-state index contributed by atoms with van der Waals surface area (Å²) in [5, 5.41) is 2.10. The van der Waals surface area contributed by atoms with Crippen molar-refractivity contribution >= 4 is 71.9 Å². The Bertz CT molecular complexity index is 2370. The molecule has 2 aromatic heterocycles. The number of hydrogen-bond donors (Lipinski definition) is 0. The van der Waals surface area contributed by atoms with Gasteiger partial charge in [0, 0.05) is 31.9 Å². The van der Waals surface area contributed by atoms with Crippen molar-refractivity contribution in [3.8, 4) is 32.3 Å². The Labute approximate surface area is 285 Å². The predicted octanol–water partition coefficient (Wildman–Crippen LogP) is 12.5. The van der Waals surface area contributed by atoms with Crippen LogP contribution in [0.1, 0.15) is 25.0 Å². The Kier molecular flexibility index (Phi) is 5.90. The van der Waals surface area contributed by atoms with E-state index in [1.54, 1.807) is 22.7 Å². The Balaban J connectivity index is 1.19. The van der Waals surface area contributed by atoms with E-state index in [9.17, 15) is 0 Å². The van der Waals surface area contributed by atoms with Gasteiger partial charge < -0.3 is 4.90 Å². The molecule has 6 aromatic carbocycles. The second-order valence-electron chi connectivity index (χ2n) is 12.6. The molecular formula is C41H27N3S3. The Morgan fingerprint density at radius 2 is 1.09 bits per heavy atom. The maximum Gasteiger partial charge on any atom is 0.124 e. The molecule has 0 amide bonds. The van der Waals surface area contributed by atoms with Crippen molar-refractivity contribution in [1.29, 1.82) is 0 Å². The van der Waals surface area contributed by atoms with E-state index in [1.165, 1.54) is 58.5 Å². The van der Waals surface area contributed by atoms with Gasteiger partial charge in [-0.3, -0.25) is 0 Å². The molecule has 0 unspecified atom stereocenters. The minimum absolute atomic E-state index is 0.0778. The minimum Gasteiger partial charge on any atom is -0.308 e. The topological polar surface area (TPSA) is 29.0 Å². The SMILES string of the molecule is CC1(C)c2ccccc2-c2c(N3c4ccc(-c5nc6ccccc6s5)cc4Sc4cc(-c5nc6ccccc6s5)ccc43)cccc21. The van der Waals surface area contributed by atoms with Crippen molar-refractivity contribution in [1.82, 2.24) is 9.97 Å². The molecule has 10 rings (SSSR count). The van der Waals surface area contributed by atoms with E-state index in [-0.39, 0.29) is 5.41 Å². The summed E-state index contributed by atoms with van der Waals surface area (Å²) < 4.78 is 2.42. The van der Waals surface area contributed by atoms with Crippen molar-refractivity contribution in [3.05, 3.63) is 139 Å². The summed E-state index contributed by atoms with van der Waals surface area (Å²) in [5.41, 5.74) is 13.3. The van der Waals surface area contributed by atoms with Crippen LogP contribution in [0.5, 0.6) is 0 Å². The van der Waals surface area contributed by atoms with Crippen LogP contribution in [0.3, 0.4) is 0 Å². The highest BCUT2D eigenvalue weighted by molar-refractivity contribution is 7.99. The molecule has 0 N–H and O–H groups in total. The normalized spacial score (nSPS) is 14.2. The average Bonchev–Trinajstić information content (AvgIpc) is 3.80. The number of para-hydroxylation sites is 2. The molecule has 0 atom stereocenters. The third kappa shape index (κ3) is 4.12. The predicted molar refractivity (Wildman–Crippen MR) is 200 cm³/mol. The van der Waals surface area contributed by atoms with Crippen LogP contribution in [0.15, 0.2) is 137 Å². The van der Waals surface area contributed by atoms with E-state index in [2.05, 4.69) is 146 Å². The van der Waals surface area contributed by atoms with Gasteiger partial charge >= 0.3 is 0 Å². The second-order valence-corrected chi connectivity index (χ2v) is 15.8. The van der Waals surface area contributed by atoms with E-state index in [0.29, 0.717) is 0 Å². The summed E-state index contributed by atoms with van der Waals surface area (Å²) in [5.74, 6) is 0. The quantitative estimate of drug-likeness (QED) is 0.189. The largest absolute Gasteiger partial charge is 0.308 e. The first-order valence-corrected chi connectivity index (χ1v) is 18.2. The van der Waals surface area contributed by atoms with Gasteiger partial charge in [0.15, 0.2) is 0 Å². The number of benzene rings is 6. The lowest BCUT2D eigenvalue weighted by Crippen LogP contribution is -2.17. The number of anilines is 3. The van der Waals surface area contributed by atoms with Crippen LogP contribution in [0.4, 0.5) is 17.1 Å². The monoisotopic (exact) mass is 657 g/mol. The van der Waals surface area contributed by atoms with Crippen molar-refractivity contribution in [2.24, 2.45) is 0 Å². The van der Waals surface area contributed by atoms with Gasteiger partial charge in [0.25, 0.3) is 0 Å². The maximum absolute atomic E-state index is 5.00. The van der Waals surface area contributed by atoms with E-state index in [0.717, 1.165) is 32.2 Å². The molecule has 1 aliphatic heterocycles. The number of hydrogen-bond acceptors (Lipinski definition) is 6. The highest BCUT2D eigenvalue weighted by atomic mass is 32.2. The number of fused-ring (bicyclic) bond motifs is 7. The van der Waals surface area contributed by atoms with Gasteiger partial charge in [0.1, 0.15) is 10.0 Å². The third-order valence-electron chi connectivity index (χ3n) is 9.53. The molecule has 0 bridgehead atoms. The molecule has 8 aromatic rings. The van der Waals surface area contributed by atoms with Crippen LogP contribution in [-0.4, -0.2) is 9.97 Å². The summed E-state index contributed by atoms with van der Waals surface area (Å²) in [6, 6.07) is 46.3. The molecule has 0 saturated carbocycles. The first-order chi connectivity index (χ1) is 23.0. The Morgan fingerprint density at radius 1 is 0.532 bits per heavy atom. The highest BCUT2D eigenvalue weighted by Gasteiger charge is 2.38. The van der Waals surface area contributed by atoms with Crippen LogP contribution in [0.2, 0.25) is 0 Å². The van der Waals surface area contributed by atoms with E-state index < -0.39 is 0 Å². The lowest BCUT2D eigenvalue weighted by molar-refractivity contribution is 0.660. The van der Waals surface area contributed by atoms with Gasteiger partial charge in [-0.05, 0) is 83.4 Å². The van der Waals surface area contributed by atoms with Crippen molar-refractivity contribution in [2.75, 3.05) is 4.90 Å². The molecule has 3 heterocycles. The lowest BCUT2D eigenvalue weighted by Gasteiger charge is -2.35. The molecule has 2 aliphatic rings. The molecule has 47 heavy (non-hydrogen) atoms. The molecule has 0 saturated heterocycles. The average molecular weight is 658 g/mol. The standard InChI is InChI=1S/C41H27N3S3/c1-41(2)27-11-4-3-10-26(27)38-28(41)12-9-15-33(38)44-31-20-18-24(39-42-29-13-5-7-16-34(29)46-39)22-36(31)45-37-23-25(19-21-32(37)44)40-43-30-14-6-8-17-35(30)47-40/h3-23H,1-2H3. The Morgan fingerprint density at radius 3 is 1.70 bits per heavy atom.